The summed E-state index contributed by atoms with van der Waals surface area (Å²) in [5.74, 6) is 1.51. The maximum atomic E-state index is 5.87. The summed E-state index contributed by atoms with van der Waals surface area (Å²) in [4.78, 5) is 0. The SMILES string of the molecule is Cn1ncc(N)c1C1COc2ccccc2O1. The number of anilines is 1. The Morgan fingerprint density at radius 1 is 1.35 bits per heavy atom. The van der Waals surface area contributed by atoms with Crippen LogP contribution in [-0.4, -0.2) is 16.4 Å². The smallest absolute Gasteiger partial charge is 0.176 e. The molecule has 1 unspecified atom stereocenters. The van der Waals surface area contributed by atoms with E-state index in [2.05, 4.69) is 5.10 Å². The van der Waals surface area contributed by atoms with Crippen molar-refractivity contribution in [1.82, 2.24) is 9.78 Å². The Labute approximate surface area is 98.8 Å². The van der Waals surface area contributed by atoms with Gasteiger partial charge in [0.2, 0.25) is 0 Å². The fourth-order valence-electron chi connectivity index (χ4n) is 2.01. The molecule has 1 aliphatic rings. The third-order valence-corrected chi connectivity index (χ3v) is 2.83. The number of rotatable bonds is 1. The van der Waals surface area contributed by atoms with Crippen LogP contribution < -0.4 is 15.2 Å². The highest BCUT2D eigenvalue weighted by molar-refractivity contribution is 5.46. The van der Waals surface area contributed by atoms with Crippen LogP contribution in [0.15, 0.2) is 30.5 Å². The molecular formula is C12H13N3O2. The highest BCUT2D eigenvalue weighted by Gasteiger charge is 2.26. The fraction of sp³-hybridized carbons (Fsp3) is 0.250. The Balaban J connectivity index is 1.95. The number of para-hydroxylation sites is 2. The zero-order chi connectivity index (χ0) is 11.8. The molecule has 2 aromatic rings. The molecule has 0 bridgehead atoms. The van der Waals surface area contributed by atoms with Crippen molar-refractivity contribution in [2.24, 2.45) is 7.05 Å². The first-order chi connectivity index (χ1) is 8.25. The minimum atomic E-state index is -0.211. The van der Waals surface area contributed by atoms with Crippen molar-refractivity contribution in [1.29, 1.82) is 0 Å². The van der Waals surface area contributed by atoms with Gasteiger partial charge in [0.1, 0.15) is 12.3 Å². The third kappa shape index (κ3) is 1.60. The number of nitrogens with zero attached hydrogens (tertiary/aromatic N) is 2. The van der Waals surface area contributed by atoms with E-state index in [9.17, 15) is 0 Å². The molecule has 1 aromatic carbocycles. The number of fused-ring (bicyclic) bond motifs is 1. The average Bonchev–Trinajstić information content (AvgIpc) is 2.68. The number of benzene rings is 1. The molecule has 0 radical (unpaired) electrons. The predicted octanol–water partition coefficient (Wildman–Crippen LogP) is 1.51. The molecule has 1 aliphatic heterocycles. The normalized spacial score (nSPS) is 18.1. The second kappa shape index (κ2) is 3.69. The van der Waals surface area contributed by atoms with Gasteiger partial charge in [0.05, 0.1) is 11.9 Å². The van der Waals surface area contributed by atoms with E-state index in [1.807, 2.05) is 31.3 Å². The summed E-state index contributed by atoms with van der Waals surface area (Å²) < 4.78 is 13.2. The van der Waals surface area contributed by atoms with Gasteiger partial charge in [-0.05, 0) is 12.1 Å². The quantitative estimate of drug-likeness (QED) is 0.808. The van der Waals surface area contributed by atoms with Crippen LogP contribution in [-0.2, 0) is 7.05 Å². The number of nitrogen functional groups attached to an aromatic ring is 1. The zero-order valence-corrected chi connectivity index (χ0v) is 9.46. The molecule has 0 spiro atoms. The van der Waals surface area contributed by atoms with Crippen LogP contribution in [0.1, 0.15) is 11.8 Å². The molecule has 2 N–H and O–H groups in total. The monoisotopic (exact) mass is 231 g/mol. The largest absolute Gasteiger partial charge is 0.485 e. The van der Waals surface area contributed by atoms with Crippen molar-refractivity contribution in [2.45, 2.75) is 6.10 Å². The topological polar surface area (TPSA) is 62.3 Å². The lowest BCUT2D eigenvalue weighted by Crippen LogP contribution is -2.24. The van der Waals surface area contributed by atoms with Gasteiger partial charge in [-0.1, -0.05) is 12.1 Å². The van der Waals surface area contributed by atoms with E-state index in [0.29, 0.717) is 12.3 Å². The molecule has 3 rings (SSSR count). The molecule has 0 amide bonds. The Morgan fingerprint density at radius 2 is 2.12 bits per heavy atom. The standard InChI is InChI=1S/C12H13N3O2/c1-15-12(8(13)6-14-15)11-7-16-9-4-2-3-5-10(9)17-11/h2-6,11H,7,13H2,1H3. The molecule has 5 heteroatoms. The molecule has 0 fully saturated rings. The molecule has 2 heterocycles. The van der Waals surface area contributed by atoms with Gasteiger partial charge in [-0.15, -0.1) is 0 Å². The van der Waals surface area contributed by atoms with Crippen molar-refractivity contribution in [2.75, 3.05) is 12.3 Å². The van der Waals surface area contributed by atoms with Crippen LogP contribution in [0.3, 0.4) is 0 Å². The van der Waals surface area contributed by atoms with E-state index in [-0.39, 0.29) is 6.10 Å². The minimum Gasteiger partial charge on any atom is -0.485 e. The summed E-state index contributed by atoms with van der Waals surface area (Å²) in [6, 6.07) is 7.60. The molecule has 5 nitrogen and oxygen atoms in total. The van der Waals surface area contributed by atoms with Crippen LogP contribution in [0.5, 0.6) is 11.5 Å². The van der Waals surface area contributed by atoms with Crippen molar-refractivity contribution >= 4 is 5.69 Å². The van der Waals surface area contributed by atoms with Crippen molar-refractivity contribution in [3.63, 3.8) is 0 Å². The Hall–Kier alpha value is -2.17. The Morgan fingerprint density at radius 3 is 2.82 bits per heavy atom. The lowest BCUT2D eigenvalue weighted by atomic mass is 10.2. The van der Waals surface area contributed by atoms with Crippen LogP contribution in [0.2, 0.25) is 0 Å². The van der Waals surface area contributed by atoms with E-state index < -0.39 is 0 Å². The Bertz CT molecular complexity index is 531. The molecule has 1 atom stereocenters. The molecule has 17 heavy (non-hydrogen) atoms. The number of aryl methyl sites for hydroxylation is 1. The van der Waals surface area contributed by atoms with Crippen LogP contribution in [0, 0.1) is 0 Å². The second-order valence-electron chi connectivity index (χ2n) is 3.97. The number of aromatic nitrogens is 2. The van der Waals surface area contributed by atoms with Gasteiger partial charge in [0, 0.05) is 7.05 Å². The average molecular weight is 231 g/mol. The molecule has 1 aromatic heterocycles. The summed E-state index contributed by atoms with van der Waals surface area (Å²) in [6.45, 7) is 0.445. The number of ether oxygens (including phenoxy) is 2. The summed E-state index contributed by atoms with van der Waals surface area (Å²) in [6.07, 6.45) is 1.41. The first-order valence-electron chi connectivity index (χ1n) is 5.41. The van der Waals surface area contributed by atoms with Crippen molar-refractivity contribution < 1.29 is 9.47 Å². The lowest BCUT2D eigenvalue weighted by molar-refractivity contribution is 0.0860. The van der Waals surface area contributed by atoms with Crippen LogP contribution >= 0.6 is 0 Å². The second-order valence-corrected chi connectivity index (χ2v) is 3.97. The lowest BCUT2D eigenvalue weighted by Gasteiger charge is -2.26. The van der Waals surface area contributed by atoms with Gasteiger partial charge in [-0.3, -0.25) is 4.68 Å². The molecule has 0 saturated heterocycles. The highest BCUT2D eigenvalue weighted by atomic mass is 16.6. The van der Waals surface area contributed by atoms with Gasteiger partial charge in [-0.2, -0.15) is 5.10 Å². The van der Waals surface area contributed by atoms with Crippen molar-refractivity contribution in [3.05, 3.63) is 36.2 Å². The first-order valence-corrected chi connectivity index (χ1v) is 5.41. The highest BCUT2D eigenvalue weighted by Crippen LogP contribution is 2.36. The maximum absolute atomic E-state index is 5.87. The molecule has 0 aliphatic carbocycles. The summed E-state index contributed by atoms with van der Waals surface area (Å²) >= 11 is 0. The fourth-order valence-corrected chi connectivity index (χ4v) is 2.01. The van der Waals surface area contributed by atoms with Gasteiger partial charge in [0.15, 0.2) is 17.6 Å². The number of hydrogen-bond acceptors (Lipinski definition) is 4. The summed E-state index contributed by atoms with van der Waals surface area (Å²) in [5, 5.41) is 4.10. The van der Waals surface area contributed by atoms with E-state index >= 15 is 0 Å². The summed E-state index contributed by atoms with van der Waals surface area (Å²) in [5.41, 5.74) is 7.35. The van der Waals surface area contributed by atoms with Crippen molar-refractivity contribution in [3.8, 4) is 11.5 Å². The maximum Gasteiger partial charge on any atom is 0.176 e. The molecule has 0 saturated carbocycles. The Kier molecular flexibility index (Phi) is 2.18. The molecular weight excluding hydrogens is 218 g/mol. The number of hydrogen-bond donors (Lipinski definition) is 1. The van der Waals surface area contributed by atoms with Gasteiger partial charge in [0.25, 0.3) is 0 Å². The van der Waals surface area contributed by atoms with E-state index in [1.165, 1.54) is 0 Å². The summed E-state index contributed by atoms with van der Waals surface area (Å²) in [7, 11) is 1.84. The first kappa shape index (κ1) is 10.0. The minimum absolute atomic E-state index is 0.211. The van der Waals surface area contributed by atoms with E-state index in [0.717, 1.165) is 17.2 Å². The van der Waals surface area contributed by atoms with Gasteiger partial charge in [-0.25, -0.2) is 0 Å². The van der Waals surface area contributed by atoms with E-state index in [1.54, 1.807) is 10.9 Å². The van der Waals surface area contributed by atoms with Crippen LogP contribution in [0.4, 0.5) is 5.69 Å². The number of nitrogens with two attached hydrogens (primary N) is 1. The molecule has 88 valence electrons. The van der Waals surface area contributed by atoms with E-state index in [4.69, 9.17) is 15.2 Å². The predicted molar refractivity (Wildman–Crippen MR) is 62.9 cm³/mol. The zero-order valence-electron chi connectivity index (χ0n) is 9.46. The van der Waals surface area contributed by atoms with Crippen LogP contribution in [0.25, 0.3) is 0 Å². The van der Waals surface area contributed by atoms with Gasteiger partial charge < -0.3 is 15.2 Å². The third-order valence-electron chi connectivity index (χ3n) is 2.83. The van der Waals surface area contributed by atoms with Gasteiger partial charge >= 0.3 is 0 Å².